The van der Waals surface area contributed by atoms with Gasteiger partial charge in [0.2, 0.25) is 5.88 Å². The van der Waals surface area contributed by atoms with Gasteiger partial charge in [0.1, 0.15) is 10.2 Å². The van der Waals surface area contributed by atoms with Crippen LogP contribution in [-0.2, 0) is 0 Å². The van der Waals surface area contributed by atoms with Crippen molar-refractivity contribution in [3.05, 3.63) is 33.0 Å². The van der Waals surface area contributed by atoms with Gasteiger partial charge >= 0.3 is 5.69 Å². The van der Waals surface area contributed by atoms with Gasteiger partial charge in [-0.05, 0) is 19.9 Å². The van der Waals surface area contributed by atoms with Crippen LogP contribution in [0, 0.1) is 0 Å². The van der Waals surface area contributed by atoms with Crippen LogP contribution in [0.25, 0.3) is 20.4 Å². The maximum Gasteiger partial charge on any atom is 0.326 e. The summed E-state index contributed by atoms with van der Waals surface area (Å²) < 4.78 is 6.81. The Morgan fingerprint density at radius 2 is 2.05 bits per heavy atom. The van der Waals surface area contributed by atoms with Gasteiger partial charge in [0.05, 0.1) is 16.3 Å². The Morgan fingerprint density at radius 3 is 2.79 bits per heavy atom. The van der Waals surface area contributed by atoms with E-state index in [1.54, 1.807) is 6.07 Å². The van der Waals surface area contributed by atoms with Crippen LogP contribution in [0.15, 0.2) is 21.7 Å². The SMILES string of the molecule is CC(C)Oc1ccc2sc3c(=O)[nH]c(=O)[nH]c3c2n1. The number of pyridine rings is 1. The zero-order valence-corrected chi connectivity index (χ0v) is 11.1. The largest absolute Gasteiger partial charge is 0.475 e. The standard InChI is InChI=1S/C12H11N3O3S/c1-5(2)18-7-4-3-6-8(13-7)9-10(19-6)11(16)15-12(17)14-9/h3-5H,1-2H3,(H2,14,15,16,17). The number of fused-ring (bicyclic) bond motifs is 3. The number of rotatable bonds is 2. The fourth-order valence-electron chi connectivity index (χ4n) is 1.85. The molecule has 0 aliphatic carbocycles. The molecular formula is C12H11N3O3S. The molecule has 0 saturated heterocycles. The monoisotopic (exact) mass is 277 g/mol. The molecule has 3 heterocycles. The molecule has 0 saturated carbocycles. The van der Waals surface area contributed by atoms with Crippen molar-refractivity contribution in [2.45, 2.75) is 20.0 Å². The summed E-state index contributed by atoms with van der Waals surface area (Å²) in [4.78, 5) is 32.2. The number of aromatic amines is 2. The van der Waals surface area contributed by atoms with Crippen LogP contribution in [0.5, 0.6) is 5.88 Å². The maximum atomic E-state index is 11.7. The van der Waals surface area contributed by atoms with Gasteiger partial charge in [-0.2, -0.15) is 0 Å². The lowest BCUT2D eigenvalue weighted by molar-refractivity contribution is 0.233. The lowest BCUT2D eigenvalue weighted by Crippen LogP contribution is -2.20. The van der Waals surface area contributed by atoms with Crippen LogP contribution in [-0.4, -0.2) is 21.1 Å². The number of thiophene rings is 1. The fraction of sp³-hybridized carbons (Fsp3) is 0.250. The topological polar surface area (TPSA) is 87.8 Å². The lowest BCUT2D eigenvalue weighted by Gasteiger charge is -2.07. The number of hydrogen-bond acceptors (Lipinski definition) is 5. The van der Waals surface area contributed by atoms with Crippen molar-refractivity contribution >= 4 is 31.8 Å². The number of aromatic nitrogens is 3. The van der Waals surface area contributed by atoms with Crippen molar-refractivity contribution < 1.29 is 4.74 Å². The van der Waals surface area contributed by atoms with Crippen molar-refractivity contribution in [3.8, 4) is 5.88 Å². The van der Waals surface area contributed by atoms with Gasteiger partial charge in [-0.3, -0.25) is 9.78 Å². The molecule has 0 fully saturated rings. The van der Waals surface area contributed by atoms with E-state index in [0.717, 1.165) is 4.70 Å². The summed E-state index contributed by atoms with van der Waals surface area (Å²) in [6.07, 6.45) is 0.0114. The predicted molar refractivity (Wildman–Crippen MR) is 74.1 cm³/mol. The van der Waals surface area contributed by atoms with E-state index >= 15 is 0 Å². The Bertz CT molecular complexity index is 875. The van der Waals surface area contributed by atoms with E-state index in [2.05, 4.69) is 15.0 Å². The third-order valence-corrected chi connectivity index (χ3v) is 3.68. The van der Waals surface area contributed by atoms with Gasteiger partial charge in [0.15, 0.2) is 0 Å². The summed E-state index contributed by atoms with van der Waals surface area (Å²) in [6, 6.07) is 3.59. The first-order chi connectivity index (χ1) is 9.04. The van der Waals surface area contributed by atoms with Gasteiger partial charge in [-0.15, -0.1) is 11.3 Å². The smallest absolute Gasteiger partial charge is 0.326 e. The molecule has 0 aliphatic rings. The van der Waals surface area contributed by atoms with Gasteiger partial charge in [-0.1, -0.05) is 0 Å². The Morgan fingerprint density at radius 1 is 1.26 bits per heavy atom. The average Bonchev–Trinajstić information content (AvgIpc) is 2.67. The first kappa shape index (κ1) is 11.9. The van der Waals surface area contributed by atoms with Crippen molar-refractivity contribution in [1.82, 2.24) is 15.0 Å². The van der Waals surface area contributed by atoms with Crippen LogP contribution in [0.3, 0.4) is 0 Å². The van der Waals surface area contributed by atoms with Crippen molar-refractivity contribution in [2.75, 3.05) is 0 Å². The molecule has 0 unspecified atom stereocenters. The zero-order valence-electron chi connectivity index (χ0n) is 10.3. The van der Waals surface area contributed by atoms with Crippen molar-refractivity contribution in [2.24, 2.45) is 0 Å². The van der Waals surface area contributed by atoms with E-state index in [4.69, 9.17) is 4.74 Å². The van der Waals surface area contributed by atoms with E-state index in [9.17, 15) is 9.59 Å². The van der Waals surface area contributed by atoms with Gasteiger partial charge in [0, 0.05) is 6.07 Å². The molecule has 0 radical (unpaired) electrons. The van der Waals surface area contributed by atoms with Gasteiger partial charge in [0.25, 0.3) is 5.56 Å². The van der Waals surface area contributed by atoms with Crippen LogP contribution in [0.2, 0.25) is 0 Å². The minimum atomic E-state index is -0.533. The minimum Gasteiger partial charge on any atom is -0.475 e. The molecule has 6 nitrogen and oxygen atoms in total. The highest BCUT2D eigenvalue weighted by molar-refractivity contribution is 7.25. The molecule has 0 aliphatic heterocycles. The Kier molecular flexibility index (Phi) is 2.63. The summed E-state index contributed by atoms with van der Waals surface area (Å²) >= 11 is 1.29. The number of hydrogen-bond donors (Lipinski definition) is 2. The van der Waals surface area contributed by atoms with Crippen LogP contribution < -0.4 is 16.0 Å². The molecule has 0 atom stereocenters. The summed E-state index contributed by atoms with van der Waals surface area (Å²) in [5.74, 6) is 0.475. The molecule has 2 N–H and O–H groups in total. The Balaban J connectivity index is 2.35. The van der Waals surface area contributed by atoms with Gasteiger partial charge < -0.3 is 9.72 Å². The third kappa shape index (κ3) is 2.01. The van der Waals surface area contributed by atoms with Crippen LogP contribution in [0.1, 0.15) is 13.8 Å². The molecule has 7 heteroatoms. The first-order valence-electron chi connectivity index (χ1n) is 5.77. The van der Waals surface area contributed by atoms with E-state index in [1.165, 1.54) is 11.3 Å². The molecule has 0 bridgehead atoms. The van der Waals surface area contributed by atoms with Crippen molar-refractivity contribution in [1.29, 1.82) is 0 Å². The first-order valence-corrected chi connectivity index (χ1v) is 6.59. The quantitative estimate of drug-likeness (QED) is 0.745. The second-order valence-electron chi connectivity index (χ2n) is 4.38. The normalized spacial score (nSPS) is 11.5. The van der Waals surface area contributed by atoms with Crippen molar-refractivity contribution in [3.63, 3.8) is 0 Å². The Hall–Kier alpha value is -2.15. The summed E-state index contributed by atoms with van der Waals surface area (Å²) in [7, 11) is 0. The highest BCUT2D eigenvalue weighted by atomic mass is 32.1. The lowest BCUT2D eigenvalue weighted by atomic mass is 10.3. The van der Waals surface area contributed by atoms with Gasteiger partial charge in [-0.25, -0.2) is 9.78 Å². The second-order valence-corrected chi connectivity index (χ2v) is 5.43. The molecule has 19 heavy (non-hydrogen) atoms. The van der Waals surface area contributed by atoms with Crippen LogP contribution >= 0.6 is 11.3 Å². The van der Waals surface area contributed by atoms with E-state index in [1.807, 2.05) is 19.9 Å². The highest BCUT2D eigenvalue weighted by Crippen LogP contribution is 2.29. The molecule has 3 aromatic rings. The van der Waals surface area contributed by atoms with E-state index < -0.39 is 11.2 Å². The summed E-state index contributed by atoms with van der Waals surface area (Å²) in [5.41, 5.74) is 0.117. The third-order valence-electron chi connectivity index (χ3n) is 2.54. The molecule has 3 rings (SSSR count). The zero-order chi connectivity index (χ0) is 13.6. The molecule has 3 aromatic heterocycles. The molecule has 0 spiro atoms. The molecule has 98 valence electrons. The molecule has 0 amide bonds. The predicted octanol–water partition coefficient (Wildman–Crippen LogP) is 1.61. The maximum absolute atomic E-state index is 11.7. The van der Waals surface area contributed by atoms with E-state index in [0.29, 0.717) is 21.6 Å². The minimum absolute atomic E-state index is 0.0114. The Labute approximate surface area is 111 Å². The molecular weight excluding hydrogens is 266 g/mol. The number of nitrogens with zero attached hydrogens (tertiary/aromatic N) is 1. The summed E-state index contributed by atoms with van der Waals surface area (Å²) in [6.45, 7) is 3.81. The van der Waals surface area contributed by atoms with Crippen LogP contribution in [0.4, 0.5) is 0 Å². The number of nitrogens with one attached hydrogen (secondary N) is 2. The molecule has 0 aromatic carbocycles. The average molecular weight is 277 g/mol. The summed E-state index contributed by atoms with van der Waals surface area (Å²) in [5, 5.41) is 0. The highest BCUT2D eigenvalue weighted by Gasteiger charge is 2.12. The van der Waals surface area contributed by atoms with E-state index in [-0.39, 0.29) is 6.10 Å². The fourth-order valence-corrected chi connectivity index (χ4v) is 2.84. The second kappa shape index (κ2) is 4.20. The number of ether oxygens (including phenoxy) is 1. The number of H-pyrrole nitrogens is 2.